The number of rotatable bonds is 2. The van der Waals surface area contributed by atoms with Gasteiger partial charge in [-0.15, -0.1) is 0 Å². The van der Waals surface area contributed by atoms with Crippen LogP contribution in [-0.4, -0.2) is 66.2 Å². The predicted octanol–water partition coefficient (Wildman–Crippen LogP) is 0.675. The van der Waals surface area contributed by atoms with Gasteiger partial charge in [-0.05, 0) is 19.1 Å². The first-order chi connectivity index (χ1) is 9.94. The number of carbonyl (C=O) groups excluding carboxylic acids is 2. The van der Waals surface area contributed by atoms with Crippen LogP contribution in [0.4, 0.5) is 4.79 Å². The van der Waals surface area contributed by atoms with Gasteiger partial charge in [-0.3, -0.25) is 4.79 Å². The van der Waals surface area contributed by atoms with E-state index in [9.17, 15) is 9.59 Å². The van der Waals surface area contributed by atoms with E-state index in [1.165, 1.54) is 12.0 Å². The van der Waals surface area contributed by atoms with E-state index >= 15 is 0 Å². The molecular formula is C14H17N3O4. The smallest absolute Gasteiger partial charge is 0.410 e. The highest BCUT2D eigenvalue weighted by molar-refractivity contribution is 5.97. The summed E-state index contributed by atoms with van der Waals surface area (Å²) in [5.41, 5.74) is 0.665. The fourth-order valence-corrected chi connectivity index (χ4v) is 2.77. The maximum Gasteiger partial charge on any atom is 0.410 e. The van der Waals surface area contributed by atoms with Crippen molar-refractivity contribution in [3.63, 3.8) is 0 Å². The molecule has 1 spiro atoms. The number of hydrogen-bond acceptors (Lipinski definition) is 5. The number of carbonyl (C=O) groups is 2. The normalized spacial score (nSPS) is 19.5. The summed E-state index contributed by atoms with van der Waals surface area (Å²) in [4.78, 5) is 31.3. The van der Waals surface area contributed by atoms with Crippen molar-refractivity contribution < 1.29 is 19.1 Å². The molecule has 0 radical (unpaired) electrons. The van der Waals surface area contributed by atoms with Gasteiger partial charge in [0.25, 0.3) is 5.91 Å². The van der Waals surface area contributed by atoms with Gasteiger partial charge in [-0.25, -0.2) is 9.78 Å². The van der Waals surface area contributed by atoms with E-state index < -0.39 is 5.60 Å². The summed E-state index contributed by atoms with van der Waals surface area (Å²) in [6.07, 6.45) is -0.336. The third-order valence-electron chi connectivity index (χ3n) is 3.81. The lowest BCUT2D eigenvalue weighted by molar-refractivity contribution is -0.0582. The second-order valence-corrected chi connectivity index (χ2v) is 5.58. The molecule has 0 bridgehead atoms. The molecular weight excluding hydrogens is 274 g/mol. The van der Waals surface area contributed by atoms with Crippen molar-refractivity contribution in [3.8, 4) is 5.88 Å². The van der Waals surface area contributed by atoms with Crippen molar-refractivity contribution in [3.05, 3.63) is 23.4 Å². The van der Waals surface area contributed by atoms with Crippen molar-refractivity contribution in [2.75, 3.05) is 33.8 Å². The topological polar surface area (TPSA) is 72.0 Å². The lowest BCUT2D eigenvalue weighted by atomic mass is 9.93. The molecule has 7 nitrogen and oxygen atoms in total. The van der Waals surface area contributed by atoms with Gasteiger partial charge in [-0.2, -0.15) is 0 Å². The Morgan fingerprint density at radius 2 is 2.10 bits per heavy atom. The molecule has 0 saturated carbocycles. The molecule has 0 aromatic carbocycles. The SMILES string of the molecule is COc1nc(C)ccc1C(=O)N1CC2(CN(C)C(=O)O2)C1. The quantitative estimate of drug-likeness (QED) is 0.801. The summed E-state index contributed by atoms with van der Waals surface area (Å²) in [6, 6.07) is 3.48. The number of amides is 2. The minimum atomic E-state index is -0.549. The Bertz CT molecular complexity index is 610. The first-order valence-corrected chi connectivity index (χ1v) is 6.69. The van der Waals surface area contributed by atoms with Crippen LogP contribution in [-0.2, 0) is 4.74 Å². The third kappa shape index (κ3) is 2.18. The largest absolute Gasteiger partial charge is 0.480 e. The number of aromatic nitrogens is 1. The van der Waals surface area contributed by atoms with E-state index in [-0.39, 0.29) is 12.0 Å². The molecule has 1 aromatic heterocycles. The molecule has 0 unspecified atom stereocenters. The van der Waals surface area contributed by atoms with Gasteiger partial charge in [0.2, 0.25) is 5.88 Å². The van der Waals surface area contributed by atoms with E-state index in [4.69, 9.17) is 9.47 Å². The molecule has 2 fully saturated rings. The van der Waals surface area contributed by atoms with Gasteiger partial charge in [0.15, 0.2) is 5.60 Å². The Morgan fingerprint density at radius 3 is 2.67 bits per heavy atom. The third-order valence-corrected chi connectivity index (χ3v) is 3.81. The standard InChI is InChI=1S/C14H17N3O4/c1-9-4-5-10(11(15-9)20-3)12(18)17-7-14(8-17)6-16(2)13(19)21-14/h4-5H,6-8H2,1-3H3. The molecule has 2 amide bonds. The Hall–Kier alpha value is -2.31. The van der Waals surface area contributed by atoms with Crippen molar-refractivity contribution in [2.45, 2.75) is 12.5 Å². The molecule has 0 N–H and O–H groups in total. The molecule has 2 aliphatic heterocycles. The van der Waals surface area contributed by atoms with Crippen LogP contribution in [0.3, 0.4) is 0 Å². The Labute approximate surface area is 122 Å². The van der Waals surface area contributed by atoms with Crippen LogP contribution in [0.25, 0.3) is 0 Å². The Balaban J connectivity index is 1.73. The minimum Gasteiger partial charge on any atom is -0.480 e. The maximum atomic E-state index is 12.5. The summed E-state index contributed by atoms with van der Waals surface area (Å²) in [7, 11) is 3.18. The zero-order valence-corrected chi connectivity index (χ0v) is 12.3. The molecule has 0 aliphatic carbocycles. The number of ether oxygens (including phenoxy) is 2. The van der Waals surface area contributed by atoms with Crippen LogP contribution in [0.15, 0.2) is 12.1 Å². The zero-order valence-electron chi connectivity index (χ0n) is 12.3. The highest BCUT2D eigenvalue weighted by Gasteiger charge is 2.54. The van der Waals surface area contributed by atoms with Crippen molar-refractivity contribution in [1.29, 1.82) is 0 Å². The van der Waals surface area contributed by atoms with Gasteiger partial charge in [0, 0.05) is 12.7 Å². The van der Waals surface area contributed by atoms with E-state index in [1.807, 2.05) is 6.92 Å². The highest BCUT2D eigenvalue weighted by Crippen LogP contribution is 2.33. The lowest BCUT2D eigenvalue weighted by Gasteiger charge is -2.45. The lowest BCUT2D eigenvalue weighted by Crippen LogP contribution is -2.65. The van der Waals surface area contributed by atoms with E-state index in [0.717, 1.165) is 5.69 Å². The molecule has 21 heavy (non-hydrogen) atoms. The Kier molecular flexibility index (Phi) is 3.00. The van der Waals surface area contributed by atoms with E-state index in [0.29, 0.717) is 31.1 Å². The molecule has 7 heteroatoms. The first kappa shape index (κ1) is 13.7. The molecule has 112 valence electrons. The zero-order chi connectivity index (χ0) is 15.2. The minimum absolute atomic E-state index is 0.157. The Morgan fingerprint density at radius 1 is 1.38 bits per heavy atom. The predicted molar refractivity (Wildman–Crippen MR) is 73.3 cm³/mol. The molecule has 1 aromatic rings. The fourth-order valence-electron chi connectivity index (χ4n) is 2.77. The van der Waals surface area contributed by atoms with Crippen molar-refractivity contribution >= 4 is 12.0 Å². The van der Waals surface area contributed by atoms with Crippen LogP contribution in [0, 0.1) is 6.92 Å². The number of nitrogens with zero attached hydrogens (tertiary/aromatic N) is 3. The average Bonchev–Trinajstić information content (AvgIpc) is 2.72. The van der Waals surface area contributed by atoms with Gasteiger partial charge in [0.1, 0.15) is 5.56 Å². The van der Waals surface area contributed by atoms with Crippen LogP contribution < -0.4 is 4.74 Å². The number of aryl methyl sites for hydroxylation is 1. The number of likely N-dealkylation sites (N-methyl/N-ethyl adjacent to an activating group) is 1. The van der Waals surface area contributed by atoms with Crippen LogP contribution in [0.5, 0.6) is 5.88 Å². The molecule has 3 heterocycles. The van der Waals surface area contributed by atoms with Gasteiger partial charge in [0.05, 0.1) is 26.7 Å². The van der Waals surface area contributed by atoms with Crippen LogP contribution in [0.1, 0.15) is 16.1 Å². The number of hydrogen-bond donors (Lipinski definition) is 0. The second-order valence-electron chi connectivity index (χ2n) is 5.58. The van der Waals surface area contributed by atoms with E-state index in [2.05, 4.69) is 4.98 Å². The van der Waals surface area contributed by atoms with Gasteiger partial charge >= 0.3 is 6.09 Å². The summed E-state index contributed by atoms with van der Waals surface area (Å²) < 4.78 is 10.5. The number of likely N-dealkylation sites (tertiary alicyclic amines) is 1. The summed E-state index contributed by atoms with van der Waals surface area (Å²) in [6.45, 7) is 3.15. The molecule has 0 atom stereocenters. The van der Waals surface area contributed by atoms with Gasteiger partial charge in [-0.1, -0.05) is 0 Å². The second kappa shape index (κ2) is 4.61. The molecule has 2 aliphatic rings. The monoisotopic (exact) mass is 291 g/mol. The molecule has 2 saturated heterocycles. The summed E-state index contributed by atoms with van der Waals surface area (Å²) in [5.74, 6) is 0.164. The maximum absolute atomic E-state index is 12.5. The fraction of sp³-hybridized carbons (Fsp3) is 0.500. The summed E-state index contributed by atoms with van der Waals surface area (Å²) >= 11 is 0. The van der Waals surface area contributed by atoms with Crippen LogP contribution in [0.2, 0.25) is 0 Å². The summed E-state index contributed by atoms with van der Waals surface area (Å²) in [5, 5.41) is 0. The van der Waals surface area contributed by atoms with E-state index in [1.54, 1.807) is 24.1 Å². The first-order valence-electron chi connectivity index (χ1n) is 6.69. The van der Waals surface area contributed by atoms with Crippen molar-refractivity contribution in [1.82, 2.24) is 14.8 Å². The van der Waals surface area contributed by atoms with Gasteiger partial charge < -0.3 is 19.3 Å². The van der Waals surface area contributed by atoms with Crippen LogP contribution >= 0.6 is 0 Å². The van der Waals surface area contributed by atoms with Crippen molar-refractivity contribution in [2.24, 2.45) is 0 Å². The molecule has 3 rings (SSSR count). The number of methoxy groups -OCH3 is 1. The highest BCUT2D eigenvalue weighted by atomic mass is 16.6. The average molecular weight is 291 g/mol. The number of pyridine rings is 1.